The standard InChI is InChI=1S/C32H33F2N3O3S/c1-18-28-25(33)13-14-26(34)30(28)41-29(18)32(39)37(24-11-9-23(36-2)10-12-24)17-22-16-21(8-15-27(22)40-3)19-4-6-20(7-5-19)31(35)38/h4-8,13-16,23-24,36H,9-12,17H2,1-3H3,(H2,35,38). The van der Waals surface area contributed by atoms with Gasteiger partial charge in [0.25, 0.3) is 5.91 Å². The minimum absolute atomic E-state index is 0.0466. The first-order valence-corrected chi connectivity index (χ1v) is 14.5. The van der Waals surface area contributed by atoms with Gasteiger partial charge >= 0.3 is 0 Å². The number of fused-ring (bicyclic) bond motifs is 1. The molecule has 1 aromatic heterocycles. The number of rotatable bonds is 8. The zero-order valence-corrected chi connectivity index (χ0v) is 24.1. The fourth-order valence-electron chi connectivity index (χ4n) is 5.74. The lowest BCUT2D eigenvalue weighted by atomic mass is 9.89. The highest BCUT2D eigenvalue weighted by Crippen LogP contribution is 2.38. The van der Waals surface area contributed by atoms with E-state index in [1.54, 1.807) is 26.2 Å². The van der Waals surface area contributed by atoms with Crippen LogP contribution in [-0.4, -0.2) is 43.0 Å². The monoisotopic (exact) mass is 577 g/mol. The minimum Gasteiger partial charge on any atom is -0.496 e. The number of nitrogens with two attached hydrogens (primary N) is 1. The van der Waals surface area contributed by atoms with E-state index in [1.807, 2.05) is 42.3 Å². The van der Waals surface area contributed by atoms with Gasteiger partial charge in [-0.25, -0.2) is 8.78 Å². The van der Waals surface area contributed by atoms with Crippen molar-refractivity contribution in [2.45, 2.75) is 51.2 Å². The topological polar surface area (TPSA) is 84.7 Å². The number of methoxy groups -OCH3 is 1. The molecule has 5 rings (SSSR count). The van der Waals surface area contributed by atoms with Crippen LogP contribution in [0.1, 0.15) is 56.8 Å². The highest BCUT2D eigenvalue weighted by Gasteiger charge is 2.32. The van der Waals surface area contributed by atoms with Crippen LogP contribution in [0.5, 0.6) is 5.75 Å². The number of primary amides is 1. The van der Waals surface area contributed by atoms with Crippen molar-refractivity contribution in [2.75, 3.05) is 14.2 Å². The highest BCUT2D eigenvalue weighted by atomic mass is 32.1. The average molecular weight is 578 g/mol. The first kappa shape index (κ1) is 28.7. The molecule has 1 aliphatic carbocycles. The lowest BCUT2D eigenvalue weighted by Gasteiger charge is -2.37. The normalized spacial score (nSPS) is 17.0. The molecule has 4 aromatic rings. The van der Waals surface area contributed by atoms with Gasteiger partial charge in [0.15, 0.2) is 0 Å². The first-order valence-electron chi connectivity index (χ1n) is 13.6. The molecule has 3 aromatic carbocycles. The number of hydrogen-bond donors (Lipinski definition) is 2. The molecular weight excluding hydrogens is 544 g/mol. The molecule has 0 saturated heterocycles. The summed E-state index contributed by atoms with van der Waals surface area (Å²) in [6.45, 7) is 1.95. The Labute approximate surface area is 242 Å². The summed E-state index contributed by atoms with van der Waals surface area (Å²) in [7, 11) is 3.54. The number of halogens is 2. The second-order valence-electron chi connectivity index (χ2n) is 10.5. The number of carbonyl (C=O) groups is 2. The van der Waals surface area contributed by atoms with E-state index >= 15 is 0 Å². The number of carbonyl (C=O) groups excluding carboxylic acids is 2. The molecule has 0 unspecified atom stereocenters. The Morgan fingerprint density at radius 2 is 1.66 bits per heavy atom. The molecule has 1 saturated carbocycles. The molecule has 214 valence electrons. The van der Waals surface area contributed by atoms with Crippen LogP contribution >= 0.6 is 11.3 Å². The Morgan fingerprint density at radius 3 is 2.27 bits per heavy atom. The third kappa shape index (κ3) is 5.69. The van der Waals surface area contributed by atoms with Gasteiger partial charge in [0, 0.05) is 35.1 Å². The molecule has 1 heterocycles. The van der Waals surface area contributed by atoms with Crippen LogP contribution in [0.4, 0.5) is 8.78 Å². The molecule has 1 aliphatic rings. The van der Waals surface area contributed by atoms with Crippen molar-refractivity contribution >= 4 is 33.2 Å². The van der Waals surface area contributed by atoms with Crippen molar-refractivity contribution in [3.05, 3.63) is 87.8 Å². The number of nitrogens with one attached hydrogen (secondary N) is 1. The molecular formula is C32H33F2N3O3S. The van der Waals surface area contributed by atoms with Crippen LogP contribution < -0.4 is 15.8 Å². The van der Waals surface area contributed by atoms with E-state index in [9.17, 15) is 18.4 Å². The summed E-state index contributed by atoms with van der Waals surface area (Å²) in [4.78, 5) is 28.0. The van der Waals surface area contributed by atoms with Gasteiger partial charge in [0.05, 0.1) is 16.7 Å². The summed E-state index contributed by atoms with van der Waals surface area (Å²) in [5, 5.41) is 3.50. The number of ether oxygens (including phenoxy) is 1. The number of aryl methyl sites for hydroxylation is 1. The van der Waals surface area contributed by atoms with Crippen LogP contribution in [0.3, 0.4) is 0 Å². The van der Waals surface area contributed by atoms with Crippen molar-refractivity contribution < 1.29 is 23.1 Å². The van der Waals surface area contributed by atoms with Crippen molar-refractivity contribution in [2.24, 2.45) is 5.73 Å². The molecule has 0 aliphatic heterocycles. The number of hydrogen-bond acceptors (Lipinski definition) is 5. The van der Waals surface area contributed by atoms with Gasteiger partial charge in [0.2, 0.25) is 5.91 Å². The fraction of sp³-hybridized carbons (Fsp3) is 0.312. The highest BCUT2D eigenvalue weighted by molar-refractivity contribution is 7.21. The minimum atomic E-state index is -0.536. The predicted molar refractivity (Wildman–Crippen MR) is 158 cm³/mol. The largest absolute Gasteiger partial charge is 0.496 e. The maximum Gasteiger partial charge on any atom is 0.264 e. The average Bonchev–Trinajstić information content (AvgIpc) is 3.35. The quantitative estimate of drug-likeness (QED) is 0.253. The SMILES string of the molecule is CNC1CCC(N(Cc2cc(-c3ccc(C(N)=O)cc3)ccc2OC)C(=O)c2sc3c(F)ccc(F)c3c2C)CC1. The first-order chi connectivity index (χ1) is 19.7. The lowest BCUT2D eigenvalue weighted by molar-refractivity contribution is 0.0604. The molecule has 0 bridgehead atoms. The van der Waals surface area contributed by atoms with Crippen molar-refractivity contribution in [3.63, 3.8) is 0 Å². The molecule has 9 heteroatoms. The maximum atomic E-state index is 14.7. The smallest absolute Gasteiger partial charge is 0.264 e. The van der Waals surface area contributed by atoms with E-state index < -0.39 is 17.5 Å². The molecule has 0 radical (unpaired) electrons. The Kier molecular flexibility index (Phi) is 8.37. The third-order valence-electron chi connectivity index (χ3n) is 8.10. The van der Waals surface area contributed by atoms with Crippen LogP contribution in [0.15, 0.2) is 54.6 Å². The Morgan fingerprint density at radius 1 is 1.00 bits per heavy atom. The fourth-order valence-corrected chi connectivity index (χ4v) is 6.93. The van der Waals surface area contributed by atoms with Gasteiger partial charge in [-0.1, -0.05) is 18.2 Å². The van der Waals surface area contributed by atoms with E-state index in [4.69, 9.17) is 10.5 Å². The molecule has 41 heavy (non-hydrogen) atoms. The van der Waals surface area contributed by atoms with Crippen LogP contribution in [0.25, 0.3) is 21.2 Å². The van der Waals surface area contributed by atoms with Gasteiger partial charge in [-0.05, 0) is 92.7 Å². The lowest BCUT2D eigenvalue weighted by Crippen LogP contribution is -2.44. The van der Waals surface area contributed by atoms with Gasteiger partial charge in [0.1, 0.15) is 17.4 Å². The van der Waals surface area contributed by atoms with Gasteiger partial charge in [-0.3, -0.25) is 9.59 Å². The Bertz CT molecular complexity index is 1590. The second kappa shape index (κ2) is 12.0. The molecule has 0 atom stereocenters. The maximum absolute atomic E-state index is 14.7. The van der Waals surface area contributed by atoms with Crippen LogP contribution in [-0.2, 0) is 6.54 Å². The van der Waals surface area contributed by atoms with E-state index in [0.29, 0.717) is 27.8 Å². The van der Waals surface area contributed by atoms with Crippen molar-refractivity contribution in [3.8, 4) is 16.9 Å². The van der Waals surface area contributed by atoms with Gasteiger partial charge in [-0.15, -0.1) is 11.3 Å². The van der Waals surface area contributed by atoms with E-state index in [-0.39, 0.29) is 28.6 Å². The third-order valence-corrected chi connectivity index (χ3v) is 9.39. The number of thiophene rings is 1. The van der Waals surface area contributed by atoms with Gasteiger partial charge < -0.3 is 20.7 Å². The zero-order valence-electron chi connectivity index (χ0n) is 23.3. The van der Waals surface area contributed by atoms with E-state index in [2.05, 4.69) is 5.32 Å². The van der Waals surface area contributed by atoms with Crippen molar-refractivity contribution in [1.29, 1.82) is 0 Å². The summed E-state index contributed by atoms with van der Waals surface area (Å²) in [6.07, 6.45) is 3.45. The molecule has 0 spiro atoms. The van der Waals surface area contributed by atoms with Gasteiger partial charge in [-0.2, -0.15) is 0 Å². The second-order valence-corrected chi connectivity index (χ2v) is 11.5. The molecule has 3 N–H and O–H groups in total. The molecule has 1 fully saturated rings. The summed E-state index contributed by atoms with van der Waals surface area (Å²) in [5.74, 6) is -1.17. The summed E-state index contributed by atoms with van der Waals surface area (Å²) < 4.78 is 35.2. The summed E-state index contributed by atoms with van der Waals surface area (Å²) in [6, 6.07) is 15.3. The zero-order chi connectivity index (χ0) is 29.3. The summed E-state index contributed by atoms with van der Waals surface area (Å²) >= 11 is 1.01. The Hall–Kier alpha value is -3.82. The number of amides is 2. The van der Waals surface area contributed by atoms with E-state index in [0.717, 1.165) is 65.8 Å². The van der Waals surface area contributed by atoms with E-state index in [1.165, 1.54) is 0 Å². The number of nitrogens with zero attached hydrogens (tertiary/aromatic N) is 1. The van der Waals surface area contributed by atoms with Crippen LogP contribution in [0.2, 0.25) is 0 Å². The predicted octanol–water partition coefficient (Wildman–Crippen LogP) is 6.44. The number of benzene rings is 3. The van der Waals surface area contributed by atoms with Crippen molar-refractivity contribution in [1.82, 2.24) is 10.2 Å². The summed E-state index contributed by atoms with van der Waals surface area (Å²) in [5.41, 5.74) is 8.86. The molecule has 2 amide bonds. The Balaban J connectivity index is 1.54. The molecule has 6 nitrogen and oxygen atoms in total. The van der Waals surface area contributed by atoms with Crippen LogP contribution in [0, 0.1) is 18.6 Å².